The normalized spacial score (nSPS) is 12.2. The number of hydrogen-bond donors (Lipinski definition) is 1. The van der Waals surface area contributed by atoms with Crippen molar-refractivity contribution in [3.05, 3.63) is 30.1 Å². The molecule has 0 aliphatic heterocycles. The van der Waals surface area contributed by atoms with E-state index in [0.717, 1.165) is 18.5 Å². The molecule has 0 unspecified atom stereocenters. The van der Waals surface area contributed by atoms with Gasteiger partial charge < -0.3 is 9.88 Å². The Morgan fingerprint density at radius 3 is 2.74 bits per heavy atom. The molecule has 19 heavy (non-hydrogen) atoms. The summed E-state index contributed by atoms with van der Waals surface area (Å²) >= 11 is 0. The largest absolute Gasteiger partial charge is 0.334 e. The smallest absolute Gasteiger partial charge is 0.0955 e. The first-order chi connectivity index (χ1) is 8.96. The van der Waals surface area contributed by atoms with Crippen molar-refractivity contribution in [2.75, 3.05) is 6.54 Å². The van der Waals surface area contributed by atoms with Gasteiger partial charge in [-0.1, -0.05) is 6.07 Å². The standard InChI is InChI=1S/C16H25N3/c1-16(2,3)18-10-6-5-7-13-8-9-15-14(11-13)17-12-19(15)4/h8-9,11-12,18H,5-7,10H2,1-4H3. The summed E-state index contributed by atoms with van der Waals surface area (Å²) in [5, 5.41) is 3.53. The van der Waals surface area contributed by atoms with Crippen LogP contribution in [0, 0.1) is 0 Å². The van der Waals surface area contributed by atoms with Crippen molar-refractivity contribution in [2.45, 2.75) is 45.6 Å². The third kappa shape index (κ3) is 4.06. The molecular weight excluding hydrogens is 234 g/mol. The summed E-state index contributed by atoms with van der Waals surface area (Å²) in [5.74, 6) is 0. The number of hydrogen-bond acceptors (Lipinski definition) is 2. The molecule has 2 aromatic rings. The maximum Gasteiger partial charge on any atom is 0.0955 e. The van der Waals surface area contributed by atoms with E-state index >= 15 is 0 Å². The van der Waals surface area contributed by atoms with Crippen LogP contribution in [0.1, 0.15) is 39.2 Å². The topological polar surface area (TPSA) is 29.9 Å². The monoisotopic (exact) mass is 259 g/mol. The molecular formula is C16H25N3. The van der Waals surface area contributed by atoms with Crippen molar-refractivity contribution in [1.82, 2.24) is 14.9 Å². The van der Waals surface area contributed by atoms with Crippen molar-refractivity contribution in [2.24, 2.45) is 7.05 Å². The van der Waals surface area contributed by atoms with E-state index in [1.165, 1.54) is 23.9 Å². The Morgan fingerprint density at radius 2 is 2.00 bits per heavy atom. The summed E-state index contributed by atoms with van der Waals surface area (Å²) in [4.78, 5) is 4.41. The molecule has 0 bridgehead atoms. The van der Waals surface area contributed by atoms with Gasteiger partial charge in [-0.15, -0.1) is 0 Å². The van der Waals surface area contributed by atoms with Crippen molar-refractivity contribution in [3.63, 3.8) is 0 Å². The predicted molar refractivity (Wildman–Crippen MR) is 81.4 cm³/mol. The molecule has 1 N–H and O–H groups in total. The highest BCUT2D eigenvalue weighted by Crippen LogP contribution is 2.15. The molecule has 3 heteroatoms. The van der Waals surface area contributed by atoms with E-state index in [1.54, 1.807) is 0 Å². The number of rotatable bonds is 5. The molecule has 1 aromatic carbocycles. The Hall–Kier alpha value is -1.35. The van der Waals surface area contributed by atoms with Crippen LogP contribution in [0.5, 0.6) is 0 Å². The molecule has 0 spiro atoms. The molecule has 0 saturated carbocycles. The Kier molecular flexibility index (Phi) is 4.25. The van der Waals surface area contributed by atoms with E-state index in [-0.39, 0.29) is 5.54 Å². The van der Waals surface area contributed by atoms with Crippen LogP contribution in [0.4, 0.5) is 0 Å². The SMILES string of the molecule is Cn1cnc2cc(CCCCNC(C)(C)C)ccc21. The molecule has 0 fully saturated rings. The third-order valence-electron chi connectivity index (χ3n) is 3.34. The number of nitrogens with one attached hydrogen (secondary N) is 1. The van der Waals surface area contributed by atoms with Crippen molar-refractivity contribution in [3.8, 4) is 0 Å². The van der Waals surface area contributed by atoms with Crippen LogP contribution >= 0.6 is 0 Å². The van der Waals surface area contributed by atoms with Gasteiger partial charge in [-0.05, 0) is 64.3 Å². The Bertz CT molecular complexity index is 534. The first-order valence-electron chi connectivity index (χ1n) is 7.11. The Balaban J connectivity index is 1.82. The lowest BCUT2D eigenvalue weighted by atomic mass is 10.1. The van der Waals surface area contributed by atoms with E-state index < -0.39 is 0 Å². The summed E-state index contributed by atoms with van der Waals surface area (Å²) < 4.78 is 2.06. The second-order valence-corrected chi connectivity index (χ2v) is 6.31. The van der Waals surface area contributed by atoms with Crippen molar-refractivity contribution >= 4 is 11.0 Å². The zero-order chi connectivity index (χ0) is 13.9. The van der Waals surface area contributed by atoms with Gasteiger partial charge in [0.25, 0.3) is 0 Å². The predicted octanol–water partition coefficient (Wildman–Crippen LogP) is 3.28. The Labute approximate surface area is 116 Å². The maximum absolute atomic E-state index is 4.41. The molecule has 3 nitrogen and oxygen atoms in total. The Morgan fingerprint density at radius 1 is 1.21 bits per heavy atom. The zero-order valence-corrected chi connectivity index (χ0v) is 12.5. The minimum atomic E-state index is 0.229. The van der Waals surface area contributed by atoms with E-state index in [4.69, 9.17) is 0 Å². The molecule has 2 rings (SSSR count). The lowest BCUT2D eigenvalue weighted by Gasteiger charge is -2.20. The average molecular weight is 259 g/mol. The van der Waals surface area contributed by atoms with Gasteiger partial charge in [0.05, 0.1) is 17.4 Å². The molecule has 1 heterocycles. The lowest BCUT2D eigenvalue weighted by molar-refractivity contribution is 0.419. The number of nitrogens with zero attached hydrogens (tertiary/aromatic N) is 2. The van der Waals surface area contributed by atoms with Crippen LogP contribution in [-0.4, -0.2) is 21.6 Å². The molecule has 0 amide bonds. The van der Waals surface area contributed by atoms with Gasteiger partial charge in [0.2, 0.25) is 0 Å². The zero-order valence-electron chi connectivity index (χ0n) is 12.5. The van der Waals surface area contributed by atoms with Crippen LogP contribution in [0.2, 0.25) is 0 Å². The number of aryl methyl sites for hydroxylation is 2. The lowest BCUT2D eigenvalue weighted by Crippen LogP contribution is -2.36. The van der Waals surface area contributed by atoms with Gasteiger partial charge in [0, 0.05) is 12.6 Å². The number of unbranched alkanes of at least 4 members (excludes halogenated alkanes) is 1. The average Bonchev–Trinajstić information content (AvgIpc) is 2.69. The molecule has 104 valence electrons. The minimum absolute atomic E-state index is 0.229. The summed E-state index contributed by atoms with van der Waals surface area (Å²) in [6.07, 6.45) is 5.46. The quantitative estimate of drug-likeness (QED) is 0.835. The molecule has 0 radical (unpaired) electrons. The summed E-state index contributed by atoms with van der Waals surface area (Å²) in [5.41, 5.74) is 3.93. The first kappa shape index (κ1) is 14.1. The maximum atomic E-state index is 4.41. The van der Waals surface area contributed by atoms with Gasteiger partial charge in [-0.2, -0.15) is 0 Å². The second-order valence-electron chi connectivity index (χ2n) is 6.31. The van der Waals surface area contributed by atoms with E-state index in [9.17, 15) is 0 Å². The van der Waals surface area contributed by atoms with Crippen LogP contribution in [0.15, 0.2) is 24.5 Å². The highest BCUT2D eigenvalue weighted by atomic mass is 15.0. The van der Waals surface area contributed by atoms with Crippen LogP contribution in [0.3, 0.4) is 0 Å². The van der Waals surface area contributed by atoms with Gasteiger partial charge in [0.15, 0.2) is 0 Å². The molecule has 0 aliphatic rings. The number of imidazole rings is 1. The highest BCUT2D eigenvalue weighted by molar-refractivity contribution is 5.75. The minimum Gasteiger partial charge on any atom is -0.334 e. The van der Waals surface area contributed by atoms with Crippen LogP contribution in [-0.2, 0) is 13.5 Å². The highest BCUT2D eigenvalue weighted by Gasteiger charge is 2.07. The fourth-order valence-corrected chi connectivity index (χ4v) is 2.25. The third-order valence-corrected chi connectivity index (χ3v) is 3.34. The summed E-state index contributed by atoms with van der Waals surface area (Å²) in [6, 6.07) is 6.61. The number of benzene rings is 1. The van der Waals surface area contributed by atoms with Crippen molar-refractivity contribution in [1.29, 1.82) is 0 Å². The van der Waals surface area contributed by atoms with Gasteiger partial charge in [0.1, 0.15) is 0 Å². The van der Waals surface area contributed by atoms with Gasteiger partial charge in [-0.25, -0.2) is 4.98 Å². The van der Waals surface area contributed by atoms with Crippen molar-refractivity contribution < 1.29 is 0 Å². The summed E-state index contributed by atoms with van der Waals surface area (Å²) in [6.45, 7) is 7.72. The fourth-order valence-electron chi connectivity index (χ4n) is 2.25. The molecule has 0 atom stereocenters. The molecule has 1 aromatic heterocycles. The van der Waals surface area contributed by atoms with Gasteiger partial charge >= 0.3 is 0 Å². The first-order valence-corrected chi connectivity index (χ1v) is 7.11. The van der Waals surface area contributed by atoms with E-state index in [0.29, 0.717) is 0 Å². The molecule has 0 saturated heterocycles. The van der Waals surface area contributed by atoms with Gasteiger partial charge in [-0.3, -0.25) is 0 Å². The summed E-state index contributed by atoms with van der Waals surface area (Å²) in [7, 11) is 2.03. The molecule has 0 aliphatic carbocycles. The second kappa shape index (κ2) is 5.74. The van der Waals surface area contributed by atoms with Crippen LogP contribution < -0.4 is 5.32 Å². The van der Waals surface area contributed by atoms with E-state index in [1.807, 2.05) is 13.4 Å². The number of fused-ring (bicyclic) bond motifs is 1. The van der Waals surface area contributed by atoms with Crippen LogP contribution in [0.25, 0.3) is 11.0 Å². The number of aromatic nitrogens is 2. The van der Waals surface area contributed by atoms with E-state index in [2.05, 4.69) is 53.8 Å². The fraction of sp³-hybridized carbons (Fsp3) is 0.562.